The van der Waals surface area contributed by atoms with Gasteiger partial charge in [0.05, 0.1) is 17.9 Å². The minimum absolute atomic E-state index is 0.286. The Morgan fingerprint density at radius 1 is 1.00 bits per heavy atom. The topological polar surface area (TPSA) is 80.0 Å². The molecule has 0 aliphatic carbocycles. The molecule has 0 saturated carbocycles. The van der Waals surface area contributed by atoms with Gasteiger partial charge in [-0.3, -0.25) is 0 Å². The second kappa shape index (κ2) is 7.21. The Labute approximate surface area is 152 Å². The Kier molecular flexibility index (Phi) is 4.62. The van der Waals surface area contributed by atoms with E-state index in [-0.39, 0.29) is 6.04 Å². The van der Waals surface area contributed by atoms with Gasteiger partial charge in [-0.1, -0.05) is 35.5 Å². The molecule has 1 saturated heterocycles. The average molecular weight is 350 g/mol. The number of hydrogen-bond donors (Lipinski definition) is 1. The zero-order chi connectivity index (χ0) is 17.9. The van der Waals surface area contributed by atoms with Gasteiger partial charge in [-0.05, 0) is 37.5 Å². The van der Waals surface area contributed by atoms with Gasteiger partial charge in [-0.2, -0.15) is 5.10 Å². The highest BCUT2D eigenvalue weighted by Gasteiger charge is 2.24. The minimum atomic E-state index is -0.743. The van der Waals surface area contributed by atoms with Crippen LogP contribution in [-0.4, -0.2) is 43.4 Å². The van der Waals surface area contributed by atoms with Gasteiger partial charge in [-0.25, -0.2) is 4.68 Å². The van der Waals surface area contributed by atoms with Gasteiger partial charge in [0, 0.05) is 13.1 Å². The number of nitrogens with zero attached hydrogens (tertiary/aromatic N) is 6. The first-order valence-electron chi connectivity index (χ1n) is 8.91. The van der Waals surface area contributed by atoms with Gasteiger partial charge < -0.3 is 10.0 Å². The first-order chi connectivity index (χ1) is 12.7. The van der Waals surface area contributed by atoms with E-state index in [1.807, 2.05) is 60.3 Å². The van der Waals surface area contributed by atoms with Crippen LogP contribution in [0.25, 0.3) is 0 Å². The van der Waals surface area contributed by atoms with Crippen LogP contribution in [0.4, 0.5) is 5.82 Å². The Hall–Kier alpha value is -2.80. The van der Waals surface area contributed by atoms with Crippen molar-refractivity contribution in [2.75, 3.05) is 18.0 Å². The third-order valence-electron chi connectivity index (χ3n) is 4.87. The van der Waals surface area contributed by atoms with E-state index in [1.54, 1.807) is 0 Å². The van der Waals surface area contributed by atoms with Crippen molar-refractivity contribution in [1.29, 1.82) is 0 Å². The quantitative estimate of drug-likeness (QED) is 0.778. The second-order valence-corrected chi connectivity index (χ2v) is 6.69. The standard InChI is InChI=1S/C19H22N6O/c1-14-7-8-18(22-20-14)24-11-9-16(10-12-24)25-13-17(21-23-25)19(26)15-5-3-2-4-6-15/h2-8,13,16,19,26H,9-12H2,1H3. The van der Waals surface area contributed by atoms with Gasteiger partial charge in [0.25, 0.3) is 0 Å². The molecule has 1 aromatic carbocycles. The Bertz CT molecular complexity index is 840. The zero-order valence-electron chi connectivity index (χ0n) is 14.7. The van der Waals surface area contributed by atoms with Crippen molar-refractivity contribution in [3.63, 3.8) is 0 Å². The van der Waals surface area contributed by atoms with Crippen LogP contribution in [-0.2, 0) is 0 Å². The summed E-state index contributed by atoms with van der Waals surface area (Å²) in [6, 6.07) is 13.8. The van der Waals surface area contributed by atoms with Crippen molar-refractivity contribution in [1.82, 2.24) is 25.2 Å². The van der Waals surface area contributed by atoms with E-state index in [2.05, 4.69) is 25.4 Å². The molecule has 7 heteroatoms. The lowest BCUT2D eigenvalue weighted by Gasteiger charge is -2.32. The molecule has 0 spiro atoms. The molecular weight excluding hydrogens is 328 g/mol. The fraction of sp³-hybridized carbons (Fsp3) is 0.368. The number of aromatic nitrogens is 5. The number of hydrogen-bond acceptors (Lipinski definition) is 6. The van der Waals surface area contributed by atoms with Gasteiger partial charge in [-0.15, -0.1) is 10.2 Å². The lowest BCUT2D eigenvalue weighted by Crippen LogP contribution is -2.35. The number of aryl methyl sites for hydroxylation is 1. The summed E-state index contributed by atoms with van der Waals surface area (Å²) in [5, 5.41) is 27.3. The molecule has 1 fully saturated rings. The molecule has 1 aliphatic heterocycles. The molecule has 1 aliphatic rings. The van der Waals surface area contributed by atoms with Gasteiger partial charge in [0.1, 0.15) is 11.8 Å². The van der Waals surface area contributed by atoms with Crippen LogP contribution in [0, 0.1) is 6.92 Å². The molecule has 1 atom stereocenters. The van der Waals surface area contributed by atoms with E-state index in [4.69, 9.17) is 0 Å². The van der Waals surface area contributed by atoms with Crippen molar-refractivity contribution in [3.05, 3.63) is 65.6 Å². The normalized spacial score (nSPS) is 16.6. The third-order valence-corrected chi connectivity index (χ3v) is 4.87. The molecule has 0 bridgehead atoms. The van der Waals surface area contributed by atoms with E-state index in [1.165, 1.54) is 0 Å². The molecule has 1 unspecified atom stereocenters. The highest BCUT2D eigenvalue weighted by molar-refractivity contribution is 5.37. The number of rotatable bonds is 4. The van der Waals surface area contributed by atoms with E-state index in [0.29, 0.717) is 5.69 Å². The molecule has 3 heterocycles. The van der Waals surface area contributed by atoms with Crippen LogP contribution in [0.3, 0.4) is 0 Å². The van der Waals surface area contributed by atoms with Gasteiger partial charge >= 0.3 is 0 Å². The zero-order valence-corrected chi connectivity index (χ0v) is 14.7. The van der Waals surface area contributed by atoms with Crippen molar-refractivity contribution >= 4 is 5.82 Å². The summed E-state index contributed by atoms with van der Waals surface area (Å²) < 4.78 is 1.89. The highest BCUT2D eigenvalue weighted by atomic mass is 16.3. The number of piperidine rings is 1. The van der Waals surface area contributed by atoms with E-state index in [9.17, 15) is 5.11 Å². The predicted octanol–water partition coefficient (Wildman–Crippen LogP) is 2.30. The van der Waals surface area contributed by atoms with Gasteiger partial charge in [0.15, 0.2) is 5.82 Å². The molecule has 26 heavy (non-hydrogen) atoms. The number of aliphatic hydroxyl groups is 1. The SMILES string of the molecule is Cc1ccc(N2CCC(n3cc(C(O)c4ccccc4)nn3)CC2)nn1. The molecule has 7 nitrogen and oxygen atoms in total. The van der Waals surface area contributed by atoms with Gasteiger partial charge in [0.2, 0.25) is 0 Å². The summed E-state index contributed by atoms with van der Waals surface area (Å²) in [4.78, 5) is 2.25. The maximum absolute atomic E-state index is 10.5. The third kappa shape index (κ3) is 3.43. The van der Waals surface area contributed by atoms with Crippen LogP contribution in [0.1, 0.15) is 41.9 Å². The fourth-order valence-electron chi connectivity index (χ4n) is 3.32. The molecule has 2 aromatic heterocycles. The minimum Gasteiger partial charge on any atom is -0.382 e. The number of anilines is 1. The van der Waals surface area contributed by atoms with E-state index in [0.717, 1.165) is 43.0 Å². The lowest BCUT2D eigenvalue weighted by molar-refractivity contribution is 0.215. The Morgan fingerprint density at radius 2 is 1.77 bits per heavy atom. The first kappa shape index (κ1) is 16.7. The average Bonchev–Trinajstić information content (AvgIpc) is 3.19. The van der Waals surface area contributed by atoms with Crippen LogP contribution >= 0.6 is 0 Å². The lowest BCUT2D eigenvalue weighted by atomic mass is 10.0. The van der Waals surface area contributed by atoms with Crippen LogP contribution in [0.15, 0.2) is 48.7 Å². The number of aliphatic hydroxyl groups excluding tert-OH is 1. The van der Waals surface area contributed by atoms with Crippen molar-refractivity contribution in [2.24, 2.45) is 0 Å². The van der Waals surface area contributed by atoms with Crippen LogP contribution in [0.5, 0.6) is 0 Å². The van der Waals surface area contributed by atoms with Crippen LogP contribution in [0.2, 0.25) is 0 Å². The number of benzene rings is 1. The molecular formula is C19H22N6O. The summed E-state index contributed by atoms with van der Waals surface area (Å²) in [5.74, 6) is 0.924. The molecule has 4 rings (SSSR count). The smallest absolute Gasteiger partial charge is 0.151 e. The largest absolute Gasteiger partial charge is 0.382 e. The van der Waals surface area contributed by atoms with Crippen LogP contribution < -0.4 is 4.90 Å². The first-order valence-corrected chi connectivity index (χ1v) is 8.91. The van der Waals surface area contributed by atoms with Crippen molar-refractivity contribution in [2.45, 2.75) is 31.9 Å². The summed E-state index contributed by atoms with van der Waals surface area (Å²) in [7, 11) is 0. The van der Waals surface area contributed by atoms with Crippen molar-refractivity contribution in [3.8, 4) is 0 Å². The molecule has 134 valence electrons. The summed E-state index contributed by atoms with van der Waals surface area (Å²) in [5.41, 5.74) is 2.34. The van der Waals surface area contributed by atoms with E-state index >= 15 is 0 Å². The fourth-order valence-corrected chi connectivity index (χ4v) is 3.32. The maximum atomic E-state index is 10.5. The second-order valence-electron chi connectivity index (χ2n) is 6.69. The predicted molar refractivity (Wildman–Crippen MR) is 97.8 cm³/mol. The molecule has 0 radical (unpaired) electrons. The Morgan fingerprint density at radius 3 is 2.46 bits per heavy atom. The van der Waals surface area contributed by atoms with Crippen molar-refractivity contribution < 1.29 is 5.11 Å². The highest BCUT2D eigenvalue weighted by Crippen LogP contribution is 2.26. The van der Waals surface area contributed by atoms with E-state index < -0.39 is 6.10 Å². The summed E-state index contributed by atoms with van der Waals surface area (Å²) >= 11 is 0. The summed E-state index contributed by atoms with van der Waals surface area (Å²) in [6.45, 7) is 3.74. The molecule has 0 amide bonds. The molecule has 1 N–H and O–H groups in total. The molecule has 3 aromatic rings. The Balaban J connectivity index is 1.41. The summed E-state index contributed by atoms with van der Waals surface area (Å²) in [6.07, 6.45) is 3.04. The monoisotopic (exact) mass is 350 g/mol. The maximum Gasteiger partial charge on any atom is 0.151 e.